The predicted octanol–water partition coefficient (Wildman–Crippen LogP) is 0.905. The SMILES string of the molecule is COC1(C)CCCN(S(=O)(=O)c2ccc(C(N)=S)nc2)C1. The Balaban J connectivity index is 2.27. The van der Waals surface area contributed by atoms with Crippen LogP contribution in [0.5, 0.6) is 0 Å². The molecule has 116 valence electrons. The lowest BCUT2D eigenvalue weighted by atomic mass is 9.96. The van der Waals surface area contributed by atoms with Crippen LogP contribution in [0.2, 0.25) is 0 Å². The van der Waals surface area contributed by atoms with Crippen molar-refractivity contribution in [3.63, 3.8) is 0 Å². The van der Waals surface area contributed by atoms with E-state index in [0.29, 0.717) is 18.8 Å². The average molecular weight is 329 g/mol. The molecule has 1 aromatic heterocycles. The zero-order valence-corrected chi connectivity index (χ0v) is 13.7. The molecule has 1 aliphatic heterocycles. The summed E-state index contributed by atoms with van der Waals surface area (Å²) in [5, 5.41) is 0. The quantitative estimate of drug-likeness (QED) is 0.826. The van der Waals surface area contributed by atoms with Crippen molar-refractivity contribution < 1.29 is 13.2 Å². The van der Waals surface area contributed by atoms with Crippen molar-refractivity contribution in [1.29, 1.82) is 0 Å². The first-order valence-corrected chi connectivity index (χ1v) is 8.44. The Morgan fingerprint density at radius 1 is 1.52 bits per heavy atom. The van der Waals surface area contributed by atoms with Gasteiger partial charge < -0.3 is 10.5 Å². The predicted molar refractivity (Wildman–Crippen MR) is 83.5 cm³/mol. The van der Waals surface area contributed by atoms with E-state index in [1.165, 1.54) is 22.6 Å². The fourth-order valence-electron chi connectivity index (χ4n) is 2.36. The van der Waals surface area contributed by atoms with Crippen molar-refractivity contribution in [3.8, 4) is 0 Å². The molecule has 2 N–H and O–H groups in total. The van der Waals surface area contributed by atoms with Crippen LogP contribution in [0, 0.1) is 0 Å². The third kappa shape index (κ3) is 3.39. The Morgan fingerprint density at radius 2 is 2.24 bits per heavy atom. The highest BCUT2D eigenvalue weighted by Gasteiger charge is 2.37. The van der Waals surface area contributed by atoms with Crippen molar-refractivity contribution in [2.75, 3.05) is 20.2 Å². The van der Waals surface area contributed by atoms with Gasteiger partial charge in [-0.2, -0.15) is 4.31 Å². The van der Waals surface area contributed by atoms with Crippen LogP contribution in [0.3, 0.4) is 0 Å². The van der Waals surface area contributed by atoms with E-state index in [0.717, 1.165) is 12.8 Å². The van der Waals surface area contributed by atoms with E-state index < -0.39 is 15.6 Å². The second kappa shape index (κ2) is 5.96. The topological polar surface area (TPSA) is 85.5 Å². The van der Waals surface area contributed by atoms with Gasteiger partial charge in [-0.15, -0.1) is 0 Å². The molecule has 6 nitrogen and oxygen atoms in total. The van der Waals surface area contributed by atoms with Gasteiger partial charge in [0.05, 0.1) is 11.3 Å². The van der Waals surface area contributed by atoms with Crippen molar-refractivity contribution in [1.82, 2.24) is 9.29 Å². The number of nitrogens with two attached hydrogens (primary N) is 1. The molecule has 1 saturated heterocycles. The van der Waals surface area contributed by atoms with Crippen LogP contribution < -0.4 is 5.73 Å². The molecule has 0 amide bonds. The van der Waals surface area contributed by atoms with Crippen LogP contribution in [0.25, 0.3) is 0 Å². The van der Waals surface area contributed by atoms with Crippen molar-refractivity contribution in [3.05, 3.63) is 24.0 Å². The van der Waals surface area contributed by atoms with Crippen LogP contribution >= 0.6 is 12.2 Å². The number of methoxy groups -OCH3 is 1. The van der Waals surface area contributed by atoms with Crippen molar-refractivity contribution >= 4 is 27.2 Å². The van der Waals surface area contributed by atoms with Crippen molar-refractivity contribution in [2.24, 2.45) is 5.73 Å². The van der Waals surface area contributed by atoms with Crippen LogP contribution in [0.1, 0.15) is 25.5 Å². The molecular weight excluding hydrogens is 310 g/mol. The Kier molecular flexibility index (Phi) is 4.62. The average Bonchev–Trinajstić information content (AvgIpc) is 2.47. The molecule has 2 heterocycles. The number of ether oxygens (including phenoxy) is 1. The molecule has 8 heteroatoms. The standard InChI is InChI=1S/C13H19N3O3S2/c1-13(19-2)6-3-7-16(9-13)21(17,18)10-4-5-11(12(14)20)15-8-10/h4-5,8H,3,6-7,9H2,1-2H3,(H2,14,20). The Bertz CT molecular complexity index is 631. The molecule has 0 spiro atoms. The first-order valence-electron chi connectivity index (χ1n) is 6.60. The number of pyridine rings is 1. The maximum atomic E-state index is 12.6. The number of sulfonamides is 1. The number of thiocarbonyl (C=S) groups is 1. The summed E-state index contributed by atoms with van der Waals surface area (Å²) < 4.78 is 32.2. The normalized spacial score (nSPS) is 23.9. The van der Waals surface area contributed by atoms with E-state index >= 15 is 0 Å². The minimum absolute atomic E-state index is 0.142. The van der Waals surface area contributed by atoms with Crippen LogP contribution in [0.15, 0.2) is 23.2 Å². The molecule has 0 aliphatic carbocycles. The van der Waals surface area contributed by atoms with Gasteiger partial charge in [-0.1, -0.05) is 12.2 Å². The zero-order valence-electron chi connectivity index (χ0n) is 12.1. The van der Waals surface area contributed by atoms with Crippen LogP contribution in [-0.4, -0.2) is 48.5 Å². The van der Waals surface area contributed by atoms with E-state index in [4.69, 9.17) is 22.7 Å². The van der Waals surface area contributed by atoms with Crippen LogP contribution in [0.4, 0.5) is 0 Å². The molecule has 0 bridgehead atoms. The number of nitrogens with zero attached hydrogens (tertiary/aromatic N) is 2. The van der Waals surface area contributed by atoms with E-state index in [-0.39, 0.29) is 9.88 Å². The summed E-state index contributed by atoms with van der Waals surface area (Å²) in [6.07, 6.45) is 2.90. The Hall–Kier alpha value is -1.09. The zero-order chi connectivity index (χ0) is 15.7. The minimum Gasteiger partial charge on any atom is -0.388 e. The molecule has 1 atom stereocenters. The van der Waals surface area contributed by atoms with E-state index in [1.807, 2.05) is 6.92 Å². The Morgan fingerprint density at radius 3 is 2.76 bits per heavy atom. The van der Waals surface area contributed by atoms with Gasteiger partial charge in [-0.25, -0.2) is 8.42 Å². The van der Waals surface area contributed by atoms with Crippen LogP contribution in [-0.2, 0) is 14.8 Å². The van der Waals surface area contributed by atoms with Crippen molar-refractivity contribution in [2.45, 2.75) is 30.3 Å². The molecule has 0 saturated carbocycles. The lowest BCUT2D eigenvalue weighted by Gasteiger charge is -2.38. The van der Waals surface area contributed by atoms with Gasteiger partial charge in [-0.05, 0) is 31.9 Å². The largest absolute Gasteiger partial charge is 0.388 e. The summed E-state index contributed by atoms with van der Waals surface area (Å²) in [6.45, 7) is 2.74. The molecule has 1 aliphatic rings. The summed E-state index contributed by atoms with van der Waals surface area (Å²) >= 11 is 4.81. The maximum Gasteiger partial charge on any atom is 0.244 e. The van der Waals surface area contributed by atoms with Gasteiger partial charge in [0, 0.05) is 26.4 Å². The summed E-state index contributed by atoms with van der Waals surface area (Å²) in [4.78, 5) is 4.28. The fraction of sp³-hybridized carbons (Fsp3) is 0.538. The van der Waals surface area contributed by atoms with E-state index in [9.17, 15) is 8.42 Å². The van der Waals surface area contributed by atoms with Gasteiger partial charge >= 0.3 is 0 Å². The number of rotatable bonds is 4. The fourth-order valence-corrected chi connectivity index (χ4v) is 4.02. The molecular formula is C13H19N3O3S2. The summed E-state index contributed by atoms with van der Waals surface area (Å²) in [5.74, 6) is 0. The maximum absolute atomic E-state index is 12.6. The van der Waals surface area contributed by atoms with Gasteiger partial charge in [-0.3, -0.25) is 4.98 Å². The van der Waals surface area contributed by atoms with Gasteiger partial charge in [0.2, 0.25) is 10.0 Å². The number of piperidine rings is 1. The molecule has 21 heavy (non-hydrogen) atoms. The number of hydrogen-bond acceptors (Lipinski definition) is 5. The summed E-state index contributed by atoms with van der Waals surface area (Å²) in [6, 6.07) is 3.00. The van der Waals surface area contributed by atoms with Gasteiger partial charge in [0.1, 0.15) is 9.88 Å². The lowest BCUT2D eigenvalue weighted by molar-refractivity contribution is -0.0319. The van der Waals surface area contributed by atoms with E-state index in [1.54, 1.807) is 7.11 Å². The monoisotopic (exact) mass is 329 g/mol. The first-order chi connectivity index (χ1) is 9.78. The smallest absolute Gasteiger partial charge is 0.244 e. The second-order valence-corrected chi connectivity index (χ2v) is 7.72. The summed E-state index contributed by atoms with van der Waals surface area (Å²) in [5.41, 5.74) is 5.42. The number of hydrogen-bond donors (Lipinski definition) is 1. The molecule has 1 aromatic rings. The molecule has 1 fully saturated rings. The highest BCUT2D eigenvalue weighted by Crippen LogP contribution is 2.28. The van der Waals surface area contributed by atoms with E-state index in [2.05, 4.69) is 4.98 Å². The highest BCUT2D eigenvalue weighted by atomic mass is 32.2. The molecule has 0 aromatic carbocycles. The minimum atomic E-state index is -3.58. The Labute approximate surface area is 130 Å². The highest BCUT2D eigenvalue weighted by molar-refractivity contribution is 7.89. The van der Waals surface area contributed by atoms with Gasteiger partial charge in [0.15, 0.2) is 0 Å². The molecule has 1 unspecified atom stereocenters. The lowest BCUT2D eigenvalue weighted by Crippen LogP contribution is -2.49. The third-order valence-corrected chi connectivity index (χ3v) is 5.78. The third-order valence-electron chi connectivity index (χ3n) is 3.74. The second-order valence-electron chi connectivity index (χ2n) is 5.34. The molecule has 0 radical (unpaired) electrons. The first kappa shape index (κ1) is 16.3. The van der Waals surface area contributed by atoms with Gasteiger partial charge in [0.25, 0.3) is 0 Å². The molecule has 2 rings (SSSR count). The number of aromatic nitrogens is 1. The summed E-state index contributed by atoms with van der Waals surface area (Å²) in [7, 11) is -1.97.